The van der Waals surface area contributed by atoms with Crippen molar-refractivity contribution in [2.24, 2.45) is 7.05 Å². The average Bonchev–Trinajstić information content (AvgIpc) is 3.00. The van der Waals surface area contributed by atoms with E-state index in [4.69, 9.17) is 4.74 Å². The molecule has 0 spiro atoms. The lowest BCUT2D eigenvalue weighted by Gasteiger charge is -2.28. The van der Waals surface area contributed by atoms with E-state index in [0.29, 0.717) is 11.4 Å². The van der Waals surface area contributed by atoms with Crippen molar-refractivity contribution in [1.82, 2.24) is 9.47 Å². The molecule has 1 aromatic heterocycles. The first-order chi connectivity index (χ1) is 14.0. The summed E-state index contributed by atoms with van der Waals surface area (Å²) in [6.45, 7) is 3.84. The number of aryl methyl sites for hydroxylation is 2. The van der Waals surface area contributed by atoms with Crippen LogP contribution in [0.15, 0.2) is 42.5 Å². The minimum atomic E-state index is -0.467. The zero-order chi connectivity index (χ0) is 20.5. The molecule has 0 atom stereocenters. The van der Waals surface area contributed by atoms with Gasteiger partial charge in [-0.25, -0.2) is 4.79 Å². The molecule has 29 heavy (non-hydrogen) atoms. The van der Waals surface area contributed by atoms with Gasteiger partial charge >= 0.3 is 5.97 Å². The normalized spacial score (nSPS) is 13.9. The second kappa shape index (κ2) is 7.72. The lowest BCUT2D eigenvalue weighted by molar-refractivity contribution is -0.117. The van der Waals surface area contributed by atoms with E-state index in [-0.39, 0.29) is 12.5 Å². The van der Waals surface area contributed by atoms with Gasteiger partial charge < -0.3 is 14.6 Å². The average molecular weight is 391 g/mol. The molecule has 2 heterocycles. The maximum atomic E-state index is 12.9. The van der Waals surface area contributed by atoms with Gasteiger partial charge in [0.2, 0.25) is 5.91 Å². The minimum absolute atomic E-state index is 0.134. The van der Waals surface area contributed by atoms with Crippen LogP contribution >= 0.6 is 0 Å². The Morgan fingerprint density at radius 3 is 2.62 bits per heavy atom. The zero-order valence-corrected chi connectivity index (χ0v) is 17.0. The number of esters is 1. The van der Waals surface area contributed by atoms with Crippen LogP contribution in [0.1, 0.15) is 27.2 Å². The Morgan fingerprint density at radius 2 is 1.86 bits per heavy atom. The van der Waals surface area contributed by atoms with Gasteiger partial charge in [0.15, 0.2) is 5.69 Å². The van der Waals surface area contributed by atoms with Crippen molar-refractivity contribution in [3.63, 3.8) is 0 Å². The van der Waals surface area contributed by atoms with Crippen LogP contribution in [0, 0.1) is 6.92 Å². The number of fused-ring (bicyclic) bond motifs is 2. The third kappa shape index (κ3) is 3.51. The third-order valence-electron chi connectivity index (χ3n) is 5.65. The molecule has 1 aliphatic heterocycles. The molecule has 1 aliphatic rings. The van der Waals surface area contributed by atoms with Crippen LogP contribution < -0.4 is 5.32 Å². The summed E-state index contributed by atoms with van der Waals surface area (Å²) in [6.07, 6.45) is 0.935. The third-order valence-corrected chi connectivity index (χ3v) is 5.65. The van der Waals surface area contributed by atoms with E-state index >= 15 is 0 Å². The number of hydrogen-bond donors (Lipinski definition) is 1. The van der Waals surface area contributed by atoms with Crippen molar-refractivity contribution in [2.45, 2.75) is 19.9 Å². The number of aromatic nitrogens is 1. The largest absolute Gasteiger partial charge is 0.464 e. The molecule has 0 saturated heterocycles. The predicted octanol–water partition coefficient (Wildman–Crippen LogP) is 3.27. The number of rotatable bonds is 4. The fourth-order valence-electron chi connectivity index (χ4n) is 4.19. The fourth-order valence-corrected chi connectivity index (χ4v) is 4.19. The van der Waals surface area contributed by atoms with Crippen LogP contribution in [0.5, 0.6) is 0 Å². The molecule has 0 fully saturated rings. The van der Waals surface area contributed by atoms with Crippen molar-refractivity contribution in [3.05, 3.63) is 64.8 Å². The van der Waals surface area contributed by atoms with Gasteiger partial charge in [0.1, 0.15) is 0 Å². The number of nitrogens with zero attached hydrogens (tertiary/aromatic N) is 2. The maximum absolute atomic E-state index is 12.9. The number of anilines is 1. The number of carbonyl (C=O) groups excluding carboxylic acids is 2. The molecule has 2 aromatic carbocycles. The van der Waals surface area contributed by atoms with E-state index in [1.165, 1.54) is 18.2 Å². The number of amides is 1. The molecule has 0 aliphatic carbocycles. The molecule has 1 amide bonds. The number of hydrogen-bond acceptors (Lipinski definition) is 4. The van der Waals surface area contributed by atoms with Gasteiger partial charge in [-0.15, -0.1) is 0 Å². The van der Waals surface area contributed by atoms with Gasteiger partial charge in [-0.05, 0) is 36.1 Å². The molecule has 0 bridgehead atoms. The van der Waals surface area contributed by atoms with Gasteiger partial charge in [-0.2, -0.15) is 0 Å². The molecule has 4 rings (SSSR count). The van der Waals surface area contributed by atoms with Crippen molar-refractivity contribution in [1.29, 1.82) is 0 Å². The van der Waals surface area contributed by atoms with Crippen molar-refractivity contribution in [3.8, 4) is 0 Å². The second-order valence-electron chi connectivity index (χ2n) is 7.52. The first-order valence-corrected chi connectivity index (χ1v) is 9.75. The van der Waals surface area contributed by atoms with Gasteiger partial charge in [0.25, 0.3) is 0 Å². The molecular formula is C23H25N3O3. The zero-order valence-electron chi connectivity index (χ0n) is 17.0. The van der Waals surface area contributed by atoms with E-state index in [1.54, 1.807) is 4.57 Å². The van der Waals surface area contributed by atoms with Gasteiger partial charge in [-0.3, -0.25) is 9.69 Å². The van der Waals surface area contributed by atoms with Crippen LogP contribution in [0.2, 0.25) is 0 Å². The highest BCUT2D eigenvalue weighted by Crippen LogP contribution is 2.33. The highest BCUT2D eigenvalue weighted by molar-refractivity contribution is 6.12. The summed E-state index contributed by atoms with van der Waals surface area (Å²) in [5.41, 5.74) is 5.37. The molecule has 150 valence electrons. The van der Waals surface area contributed by atoms with E-state index in [1.807, 2.05) is 38.2 Å². The van der Waals surface area contributed by atoms with Crippen LogP contribution in [-0.4, -0.2) is 41.5 Å². The Balaban J connectivity index is 1.61. The van der Waals surface area contributed by atoms with Gasteiger partial charge in [0, 0.05) is 25.5 Å². The van der Waals surface area contributed by atoms with Crippen molar-refractivity contribution < 1.29 is 14.3 Å². The summed E-state index contributed by atoms with van der Waals surface area (Å²) in [5.74, 6) is -0.601. The summed E-state index contributed by atoms with van der Waals surface area (Å²) in [7, 11) is 3.16. The van der Waals surface area contributed by atoms with Crippen LogP contribution in [0.25, 0.3) is 10.9 Å². The topological polar surface area (TPSA) is 63.6 Å². The molecule has 0 saturated carbocycles. The SMILES string of the molecule is COC(=O)c1c(NC(=O)CN2CCc3ccccc3C2)c2c(C)cccc2n1C. The monoisotopic (exact) mass is 391 g/mol. The van der Waals surface area contributed by atoms with Gasteiger partial charge in [-0.1, -0.05) is 36.4 Å². The smallest absolute Gasteiger partial charge is 0.356 e. The second-order valence-corrected chi connectivity index (χ2v) is 7.52. The summed E-state index contributed by atoms with van der Waals surface area (Å²) in [4.78, 5) is 27.5. The van der Waals surface area contributed by atoms with Crippen LogP contribution in [0.4, 0.5) is 5.69 Å². The number of methoxy groups -OCH3 is 1. The highest BCUT2D eigenvalue weighted by Gasteiger charge is 2.25. The first-order valence-electron chi connectivity index (χ1n) is 9.75. The number of carbonyl (C=O) groups is 2. The van der Waals surface area contributed by atoms with E-state index in [0.717, 1.165) is 36.0 Å². The van der Waals surface area contributed by atoms with Crippen molar-refractivity contribution >= 4 is 28.5 Å². The Labute approximate surface area is 170 Å². The molecule has 6 heteroatoms. The van der Waals surface area contributed by atoms with E-state index in [9.17, 15) is 9.59 Å². The standard InChI is InChI=1S/C23H25N3O3/c1-15-7-6-10-18-20(15)21(22(25(18)2)23(28)29-3)24-19(27)14-26-12-11-16-8-4-5-9-17(16)13-26/h4-10H,11-14H2,1-3H3,(H,24,27). The van der Waals surface area contributed by atoms with E-state index in [2.05, 4.69) is 28.4 Å². The Kier molecular flexibility index (Phi) is 5.11. The quantitative estimate of drug-likeness (QED) is 0.694. The maximum Gasteiger partial charge on any atom is 0.356 e. The van der Waals surface area contributed by atoms with Crippen LogP contribution in [0.3, 0.4) is 0 Å². The molecular weight excluding hydrogens is 366 g/mol. The molecule has 3 aromatic rings. The minimum Gasteiger partial charge on any atom is -0.464 e. The van der Waals surface area contributed by atoms with E-state index < -0.39 is 5.97 Å². The number of nitrogens with one attached hydrogen (secondary N) is 1. The number of benzene rings is 2. The summed E-state index contributed by atoms with van der Waals surface area (Å²) < 4.78 is 6.75. The van der Waals surface area contributed by atoms with Crippen molar-refractivity contribution in [2.75, 3.05) is 25.5 Å². The van der Waals surface area contributed by atoms with Gasteiger partial charge in [0.05, 0.1) is 24.9 Å². The molecule has 1 N–H and O–H groups in total. The summed E-state index contributed by atoms with van der Waals surface area (Å²) >= 11 is 0. The Bertz CT molecular complexity index is 1100. The highest BCUT2D eigenvalue weighted by atomic mass is 16.5. The lowest BCUT2D eigenvalue weighted by Crippen LogP contribution is -2.37. The fraction of sp³-hybridized carbons (Fsp3) is 0.304. The molecule has 6 nitrogen and oxygen atoms in total. The predicted molar refractivity (Wildman–Crippen MR) is 113 cm³/mol. The Hall–Kier alpha value is -3.12. The summed E-state index contributed by atoms with van der Waals surface area (Å²) in [5, 5.41) is 3.87. The Morgan fingerprint density at radius 1 is 1.10 bits per heavy atom. The lowest BCUT2D eigenvalue weighted by atomic mass is 10.00. The molecule has 0 unspecified atom stereocenters. The first kappa shape index (κ1) is 19.2. The molecule has 0 radical (unpaired) electrons. The number of ether oxygens (including phenoxy) is 1. The van der Waals surface area contributed by atoms with Crippen LogP contribution in [-0.2, 0) is 29.5 Å². The summed E-state index contributed by atoms with van der Waals surface area (Å²) in [6, 6.07) is 14.2.